The number of allylic oxidation sites excluding steroid dienone is 1. The van der Waals surface area contributed by atoms with Gasteiger partial charge in [0.1, 0.15) is 0 Å². The second kappa shape index (κ2) is 4.30. The molecule has 1 aliphatic carbocycles. The number of ether oxygens (including phenoxy) is 1. The molecule has 2 rings (SSSR count). The largest absolute Gasteiger partial charge is 0.463 e. The molecule has 0 bridgehead atoms. The molecule has 15 heavy (non-hydrogen) atoms. The number of fused-ring (bicyclic) bond motifs is 1. The average Bonchev–Trinajstić information content (AvgIpc) is 2.62. The first-order valence-electron chi connectivity index (χ1n) is 5.27. The first-order chi connectivity index (χ1) is 7.31. The summed E-state index contributed by atoms with van der Waals surface area (Å²) in [5, 5.41) is 0. The average molecular weight is 202 g/mol. The maximum atomic E-state index is 11.3. The Morgan fingerprint density at radius 1 is 1.40 bits per heavy atom. The molecule has 2 heteroatoms. The molecule has 0 N–H and O–H groups in total. The molecule has 2 nitrogen and oxygen atoms in total. The molecule has 0 unspecified atom stereocenters. The summed E-state index contributed by atoms with van der Waals surface area (Å²) >= 11 is 0. The zero-order valence-electron chi connectivity index (χ0n) is 8.82. The molecule has 1 aliphatic rings. The Labute approximate surface area is 89.6 Å². The number of hydrogen-bond acceptors (Lipinski definition) is 2. The van der Waals surface area contributed by atoms with Crippen LogP contribution in [-0.4, -0.2) is 12.6 Å². The van der Waals surface area contributed by atoms with Crippen LogP contribution >= 0.6 is 0 Å². The van der Waals surface area contributed by atoms with E-state index in [1.807, 2.05) is 19.1 Å². The number of hydrogen-bond donors (Lipinski definition) is 0. The molecule has 0 aromatic heterocycles. The minimum atomic E-state index is -0.232. The van der Waals surface area contributed by atoms with Gasteiger partial charge in [-0.05, 0) is 36.5 Å². The van der Waals surface area contributed by atoms with Crippen LogP contribution in [-0.2, 0) is 16.0 Å². The lowest BCUT2D eigenvalue weighted by molar-refractivity contribution is -0.137. The normalized spacial score (nSPS) is 16.5. The van der Waals surface area contributed by atoms with Gasteiger partial charge in [0.15, 0.2) is 0 Å². The minimum absolute atomic E-state index is 0.232. The molecule has 0 fully saturated rings. The van der Waals surface area contributed by atoms with Crippen molar-refractivity contribution in [2.45, 2.75) is 19.8 Å². The van der Waals surface area contributed by atoms with E-state index in [-0.39, 0.29) is 5.97 Å². The molecule has 1 aromatic carbocycles. The first-order valence-corrected chi connectivity index (χ1v) is 5.27. The fourth-order valence-corrected chi connectivity index (χ4v) is 1.93. The summed E-state index contributed by atoms with van der Waals surface area (Å²) in [4.78, 5) is 11.3. The zero-order chi connectivity index (χ0) is 10.7. The van der Waals surface area contributed by atoms with Gasteiger partial charge >= 0.3 is 5.97 Å². The van der Waals surface area contributed by atoms with E-state index >= 15 is 0 Å². The lowest BCUT2D eigenvalue weighted by Gasteiger charge is -2.00. The number of carbonyl (C=O) groups is 1. The van der Waals surface area contributed by atoms with Crippen LogP contribution in [0.3, 0.4) is 0 Å². The number of esters is 1. The van der Waals surface area contributed by atoms with E-state index in [2.05, 4.69) is 12.1 Å². The molecular formula is C13H14O2. The Morgan fingerprint density at radius 2 is 2.20 bits per heavy atom. The van der Waals surface area contributed by atoms with Gasteiger partial charge in [0.25, 0.3) is 0 Å². The summed E-state index contributed by atoms with van der Waals surface area (Å²) in [6.45, 7) is 2.25. The maximum absolute atomic E-state index is 11.3. The van der Waals surface area contributed by atoms with Crippen LogP contribution < -0.4 is 0 Å². The van der Waals surface area contributed by atoms with E-state index in [1.165, 1.54) is 11.1 Å². The van der Waals surface area contributed by atoms with Crippen LogP contribution in [0.4, 0.5) is 0 Å². The van der Waals surface area contributed by atoms with Gasteiger partial charge in [-0.1, -0.05) is 24.3 Å². The summed E-state index contributed by atoms with van der Waals surface area (Å²) in [6, 6.07) is 8.21. The highest BCUT2D eigenvalue weighted by Gasteiger charge is 2.16. The molecule has 0 spiro atoms. The highest BCUT2D eigenvalue weighted by molar-refractivity contribution is 5.92. The van der Waals surface area contributed by atoms with E-state index in [4.69, 9.17) is 4.74 Å². The van der Waals surface area contributed by atoms with Gasteiger partial charge in [-0.15, -0.1) is 0 Å². The van der Waals surface area contributed by atoms with Crippen molar-refractivity contribution < 1.29 is 9.53 Å². The van der Waals surface area contributed by atoms with Crippen molar-refractivity contribution in [2.75, 3.05) is 6.61 Å². The quantitative estimate of drug-likeness (QED) is 0.544. The van der Waals surface area contributed by atoms with Crippen LogP contribution in [0, 0.1) is 0 Å². The molecule has 0 amide bonds. The third kappa shape index (κ3) is 2.09. The molecular weight excluding hydrogens is 188 g/mol. The van der Waals surface area contributed by atoms with E-state index < -0.39 is 0 Å². The number of rotatable bonds is 2. The molecule has 0 atom stereocenters. The smallest absolute Gasteiger partial charge is 0.331 e. The highest BCUT2D eigenvalue weighted by atomic mass is 16.5. The monoisotopic (exact) mass is 202 g/mol. The summed E-state index contributed by atoms with van der Waals surface area (Å²) < 4.78 is 4.90. The number of benzene rings is 1. The van der Waals surface area contributed by atoms with Crippen molar-refractivity contribution in [3.63, 3.8) is 0 Å². The van der Waals surface area contributed by atoms with Gasteiger partial charge in [0.05, 0.1) is 6.61 Å². The first kappa shape index (κ1) is 9.97. The van der Waals surface area contributed by atoms with Gasteiger partial charge in [-0.3, -0.25) is 0 Å². The summed E-state index contributed by atoms with van der Waals surface area (Å²) in [7, 11) is 0. The van der Waals surface area contributed by atoms with E-state index in [9.17, 15) is 4.79 Å². The summed E-state index contributed by atoms with van der Waals surface area (Å²) in [5.41, 5.74) is 3.63. The van der Waals surface area contributed by atoms with Crippen molar-refractivity contribution in [3.05, 3.63) is 41.5 Å². The van der Waals surface area contributed by atoms with Crippen molar-refractivity contribution in [1.82, 2.24) is 0 Å². The lowest BCUT2D eigenvalue weighted by Crippen LogP contribution is -2.00. The van der Waals surface area contributed by atoms with Gasteiger partial charge in [-0.2, -0.15) is 0 Å². The van der Waals surface area contributed by atoms with Crippen LogP contribution in [0.1, 0.15) is 24.5 Å². The SMILES string of the molecule is CCOC(=O)/C=C1/CCc2ccccc21. The molecule has 1 aromatic rings. The van der Waals surface area contributed by atoms with E-state index in [0.717, 1.165) is 18.4 Å². The molecule has 78 valence electrons. The molecule has 0 heterocycles. The van der Waals surface area contributed by atoms with Crippen LogP contribution in [0.25, 0.3) is 5.57 Å². The Hall–Kier alpha value is -1.57. The van der Waals surface area contributed by atoms with Gasteiger partial charge in [-0.25, -0.2) is 4.79 Å². The van der Waals surface area contributed by atoms with E-state index in [1.54, 1.807) is 6.08 Å². The predicted molar refractivity (Wildman–Crippen MR) is 59.4 cm³/mol. The summed E-state index contributed by atoms with van der Waals surface area (Å²) in [6.07, 6.45) is 3.59. The third-order valence-electron chi connectivity index (χ3n) is 2.61. The summed E-state index contributed by atoms with van der Waals surface area (Å²) in [5.74, 6) is -0.232. The maximum Gasteiger partial charge on any atom is 0.331 e. The number of carbonyl (C=O) groups excluding carboxylic acids is 1. The van der Waals surface area contributed by atoms with E-state index in [0.29, 0.717) is 6.61 Å². The van der Waals surface area contributed by atoms with Crippen molar-refractivity contribution >= 4 is 11.5 Å². The van der Waals surface area contributed by atoms with Crippen LogP contribution in [0.15, 0.2) is 30.3 Å². The zero-order valence-corrected chi connectivity index (χ0v) is 8.82. The molecule has 0 aliphatic heterocycles. The molecule has 0 saturated heterocycles. The third-order valence-corrected chi connectivity index (χ3v) is 2.61. The highest BCUT2D eigenvalue weighted by Crippen LogP contribution is 2.31. The Bertz CT molecular complexity index is 405. The number of aryl methyl sites for hydroxylation is 1. The lowest BCUT2D eigenvalue weighted by atomic mass is 10.1. The fourth-order valence-electron chi connectivity index (χ4n) is 1.93. The second-order valence-electron chi connectivity index (χ2n) is 3.58. The second-order valence-corrected chi connectivity index (χ2v) is 3.58. The molecule has 0 radical (unpaired) electrons. The van der Waals surface area contributed by atoms with Crippen molar-refractivity contribution in [3.8, 4) is 0 Å². The Morgan fingerprint density at radius 3 is 3.00 bits per heavy atom. The topological polar surface area (TPSA) is 26.3 Å². The molecule has 0 saturated carbocycles. The van der Waals surface area contributed by atoms with Crippen molar-refractivity contribution in [2.24, 2.45) is 0 Å². The van der Waals surface area contributed by atoms with Crippen LogP contribution in [0.5, 0.6) is 0 Å². The van der Waals surface area contributed by atoms with Crippen LogP contribution in [0.2, 0.25) is 0 Å². The minimum Gasteiger partial charge on any atom is -0.463 e. The fraction of sp³-hybridized carbons (Fsp3) is 0.308. The Balaban J connectivity index is 2.23. The van der Waals surface area contributed by atoms with Gasteiger partial charge in [0, 0.05) is 6.08 Å². The predicted octanol–water partition coefficient (Wildman–Crippen LogP) is 2.58. The van der Waals surface area contributed by atoms with Crippen molar-refractivity contribution in [1.29, 1.82) is 0 Å². The van der Waals surface area contributed by atoms with Gasteiger partial charge < -0.3 is 4.74 Å². The Kier molecular flexibility index (Phi) is 2.86. The van der Waals surface area contributed by atoms with Gasteiger partial charge in [0.2, 0.25) is 0 Å². The standard InChI is InChI=1S/C13H14O2/c1-2-15-13(14)9-11-8-7-10-5-3-4-6-12(10)11/h3-6,9H,2,7-8H2,1H3/b11-9-.